The van der Waals surface area contributed by atoms with E-state index in [0.717, 1.165) is 22.3 Å². The molecule has 0 unspecified atom stereocenters. The van der Waals surface area contributed by atoms with E-state index < -0.39 is 15.9 Å². The van der Waals surface area contributed by atoms with E-state index in [0.29, 0.717) is 11.4 Å². The summed E-state index contributed by atoms with van der Waals surface area (Å²) in [5.74, 6) is -0.409. The van der Waals surface area contributed by atoms with Gasteiger partial charge in [-0.05, 0) is 69.2 Å². The molecule has 0 aliphatic carbocycles. The Bertz CT molecular complexity index is 1200. The van der Waals surface area contributed by atoms with Gasteiger partial charge in [0.2, 0.25) is 0 Å². The Morgan fingerprint density at radius 3 is 2.03 bits per heavy atom. The Morgan fingerprint density at radius 1 is 0.833 bits per heavy atom. The number of sulfonamides is 1. The number of aryl methyl sites for hydroxylation is 4. The number of hydrogen-bond acceptors (Lipinski definition) is 3. The Labute approximate surface area is 182 Å². The van der Waals surface area contributed by atoms with E-state index in [1.165, 1.54) is 18.2 Å². The summed E-state index contributed by atoms with van der Waals surface area (Å²) in [5.41, 5.74) is 5.30. The van der Waals surface area contributed by atoms with Crippen LogP contribution in [0.3, 0.4) is 0 Å². The molecule has 0 radical (unpaired) electrons. The lowest BCUT2D eigenvalue weighted by Gasteiger charge is -2.14. The van der Waals surface area contributed by atoms with Crippen molar-refractivity contribution in [3.63, 3.8) is 0 Å². The van der Waals surface area contributed by atoms with Gasteiger partial charge in [0.25, 0.3) is 15.9 Å². The maximum atomic E-state index is 12.9. The molecule has 0 fully saturated rings. The predicted octanol–water partition coefficient (Wildman–Crippen LogP) is 5.63. The largest absolute Gasteiger partial charge is 0.322 e. The van der Waals surface area contributed by atoms with Gasteiger partial charge < -0.3 is 5.32 Å². The molecule has 0 atom stereocenters. The third kappa shape index (κ3) is 4.83. The lowest BCUT2D eigenvalue weighted by Crippen LogP contribution is -2.17. The van der Waals surface area contributed by atoms with Crippen LogP contribution in [-0.2, 0) is 10.0 Å². The molecule has 156 valence electrons. The first-order chi connectivity index (χ1) is 14.1. The summed E-state index contributed by atoms with van der Waals surface area (Å²) in [6, 6.07) is 15.1. The molecule has 0 aromatic heterocycles. The fourth-order valence-corrected chi connectivity index (χ4v) is 4.83. The molecule has 30 heavy (non-hydrogen) atoms. The molecule has 0 aliphatic rings. The maximum absolute atomic E-state index is 12.9. The zero-order valence-corrected chi connectivity index (χ0v) is 18.8. The molecule has 0 saturated carbocycles. The van der Waals surface area contributed by atoms with Crippen LogP contribution < -0.4 is 10.0 Å². The van der Waals surface area contributed by atoms with Crippen molar-refractivity contribution in [1.82, 2.24) is 0 Å². The molecule has 5 nitrogen and oxygen atoms in total. The number of carbonyl (C=O) groups is 1. The quantitative estimate of drug-likeness (QED) is 0.537. The zero-order valence-electron chi connectivity index (χ0n) is 17.2. The van der Waals surface area contributed by atoms with Crippen molar-refractivity contribution in [2.24, 2.45) is 0 Å². The molecule has 3 aromatic carbocycles. The number of nitrogens with one attached hydrogen (secondary N) is 2. The topological polar surface area (TPSA) is 75.3 Å². The lowest BCUT2D eigenvalue weighted by molar-refractivity contribution is 0.102. The predicted molar refractivity (Wildman–Crippen MR) is 122 cm³/mol. The van der Waals surface area contributed by atoms with Gasteiger partial charge in [-0.25, -0.2) is 8.42 Å². The van der Waals surface area contributed by atoms with Crippen molar-refractivity contribution in [2.75, 3.05) is 10.0 Å². The van der Waals surface area contributed by atoms with Crippen molar-refractivity contribution in [2.45, 2.75) is 32.6 Å². The minimum Gasteiger partial charge on any atom is -0.322 e. The van der Waals surface area contributed by atoms with Gasteiger partial charge in [0.1, 0.15) is 4.90 Å². The second kappa shape index (κ2) is 8.50. The van der Waals surface area contributed by atoms with Gasteiger partial charge in [-0.1, -0.05) is 47.0 Å². The molecule has 2 N–H and O–H groups in total. The van der Waals surface area contributed by atoms with Crippen LogP contribution in [0.25, 0.3) is 0 Å². The minimum atomic E-state index is -3.97. The summed E-state index contributed by atoms with van der Waals surface area (Å²) in [4.78, 5) is 12.7. The second-order valence-electron chi connectivity index (χ2n) is 7.34. The highest BCUT2D eigenvalue weighted by Gasteiger charge is 2.21. The summed E-state index contributed by atoms with van der Waals surface area (Å²) in [6.45, 7) is 7.73. The van der Waals surface area contributed by atoms with Gasteiger partial charge >= 0.3 is 0 Å². The van der Waals surface area contributed by atoms with Gasteiger partial charge in [-0.15, -0.1) is 0 Å². The Balaban J connectivity index is 1.91. The first kappa shape index (κ1) is 21.9. The third-order valence-electron chi connectivity index (χ3n) is 4.70. The van der Waals surface area contributed by atoms with Gasteiger partial charge in [0, 0.05) is 16.9 Å². The highest BCUT2D eigenvalue weighted by atomic mass is 35.5. The number of hydrogen-bond donors (Lipinski definition) is 2. The van der Waals surface area contributed by atoms with E-state index in [9.17, 15) is 13.2 Å². The molecule has 1 amide bonds. The van der Waals surface area contributed by atoms with Gasteiger partial charge in [-0.3, -0.25) is 9.52 Å². The van der Waals surface area contributed by atoms with E-state index in [4.69, 9.17) is 11.6 Å². The van der Waals surface area contributed by atoms with Crippen molar-refractivity contribution < 1.29 is 13.2 Å². The van der Waals surface area contributed by atoms with Crippen molar-refractivity contribution in [1.29, 1.82) is 0 Å². The van der Waals surface area contributed by atoms with E-state index >= 15 is 0 Å². The molecule has 0 heterocycles. The first-order valence-electron chi connectivity index (χ1n) is 9.35. The average Bonchev–Trinajstić information content (AvgIpc) is 2.66. The number of benzene rings is 3. The zero-order chi connectivity index (χ0) is 22.1. The van der Waals surface area contributed by atoms with Gasteiger partial charge in [0.05, 0.1) is 5.02 Å². The summed E-state index contributed by atoms with van der Waals surface area (Å²) in [6.07, 6.45) is 0. The standard InChI is InChI=1S/C23H23ClN2O3S/c1-14-5-8-19(9-6-14)26-30(28,29)21-13-18(7-10-20(21)24)23(27)25-22-16(3)11-15(2)12-17(22)4/h5-13,26H,1-4H3,(H,25,27). The van der Waals surface area contributed by atoms with Gasteiger partial charge in [-0.2, -0.15) is 0 Å². The summed E-state index contributed by atoms with van der Waals surface area (Å²) in [5, 5.41) is 2.91. The molecule has 3 aromatic rings. The molecule has 0 spiro atoms. The number of rotatable bonds is 5. The fourth-order valence-electron chi connectivity index (χ4n) is 3.25. The molecule has 7 heteroatoms. The highest BCUT2D eigenvalue weighted by Crippen LogP contribution is 2.27. The fraction of sp³-hybridized carbons (Fsp3) is 0.174. The third-order valence-corrected chi connectivity index (χ3v) is 6.57. The Kier molecular flexibility index (Phi) is 6.19. The highest BCUT2D eigenvalue weighted by molar-refractivity contribution is 7.92. The average molecular weight is 443 g/mol. The van der Waals surface area contributed by atoms with Crippen LogP contribution in [0.1, 0.15) is 32.6 Å². The molecule has 0 saturated heterocycles. The number of amides is 1. The van der Waals surface area contributed by atoms with Crippen LogP contribution in [0.15, 0.2) is 59.5 Å². The normalized spacial score (nSPS) is 11.2. The van der Waals surface area contributed by atoms with E-state index in [1.807, 2.05) is 39.8 Å². The van der Waals surface area contributed by atoms with Crippen LogP contribution >= 0.6 is 11.6 Å². The van der Waals surface area contributed by atoms with Crippen molar-refractivity contribution >= 4 is 38.9 Å². The van der Waals surface area contributed by atoms with E-state index in [2.05, 4.69) is 10.0 Å². The molecule has 3 rings (SSSR count). The maximum Gasteiger partial charge on any atom is 0.263 e. The van der Waals surface area contributed by atoms with Crippen molar-refractivity contribution in [3.8, 4) is 0 Å². The SMILES string of the molecule is Cc1ccc(NS(=O)(=O)c2cc(C(=O)Nc3c(C)cc(C)cc3C)ccc2Cl)cc1. The smallest absolute Gasteiger partial charge is 0.263 e. The van der Waals surface area contributed by atoms with Crippen LogP contribution in [0.4, 0.5) is 11.4 Å². The van der Waals surface area contributed by atoms with Crippen LogP contribution in [0.5, 0.6) is 0 Å². The molecular weight excluding hydrogens is 420 g/mol. The van der Waals surface area contributed by atoms with Crippen LogP contribution in [0, 0.1) is 27.7 Å². The number of halogens is 1. The number of anilines is 2. The summed E-state index contributed by atoms with van der Waals surface area (Å²) >= 11 is 6.15. The Morgan fingerprint density at radius 2 is 1.43 bits per heavy atom. The number of carbonyl (C=O) groups excluding carboxylic acids is 1. The lowest BCUT2D eigenvalue weighted by atomic mass is 10.0. The second-order valence-corrected chi connectivity index (χ2v) is 9.40. The summed E-state index contributed by atoms with van der Waals surface area (Å²) < 4.78 is 28.2. The molecular formula is C23H23ClN2O3S. The minimum absolute atomic E-state index is 0.0360. The van der Waals surface area contributed by atoms with Crippen molar-refractivity contribution in [3.05, 3.63) is 87.4 Å². The van der Waals surface area contributed by atoms with Crippen LogP contribution in [0.2, 0.25) is 5.02 Å². The first-order valence-corrected chi connectivity index (χ1v) is 11.2. The van der Waals surface area contributed by atoms with E-state index in [1.54, 1.807) is 24.3 Å². The van der Waals surface area contributed by atoms with Gasteiger partial charge in [0.15, 0.2) is 0 Å². The monoisotopic (exact) mass is 442 g/mol. The Hall–Kier alpha value is -2.83. The summed E-state index contributed by atoms with van der Waals surface area (Å²) in [7, 11) is -3.97. The molecule has 0 aliphatic heterocycles. The van der Waals surface area contributed by atoms with E-state index in [-0.39, 0.29) is 15.5 Å². The van der Waals surface area contributed by atoms with Crippen LogP contribution in [-0.4, -0.2) is 14.3 Å². The molecule has 0 bridgehead atoms.